The third-order valence-corrected chi connectivity index (χ3v) is 2.93. The van der Waals surface area contributed by atoms with Crippen molar-refractivity contribution >= 4 is 0 Å². The van der Waals surface area contributed by atoms with Crippen LogP contribution in [0, 0.1) is 10.1 Å². The van der Waals surface area contributed by atoms with Crippen LogP contribution >= 0.6 is 0 Å². The molecule has 8 heteroatoms. The van der Waals surface area contributed by atoms with Gasteiger partial charge in [-0.25, -0.2) is 0 Å². The topological polar surface area (TPSA) is 89.3 Å². The first-order chi connectivity index (χ1) is 7.63. The molecule has 3 unspecified atom stereocenters. The molecule has 2 fully saturated rings. The molecule has 92 valence electrons. The zero-order valence-corrected chi connectivity index (χ0v) is 8.95. The number of rotatable bonds is 4. The fourth-order valence-corrected chi connectivity index (χ4v) is 2.08. The minimum Gasteiger partial charge on any atom is -0.367 e. The first-order valence-electron chi connectivity index (χ1n) is 4.77. The summed E-state index contributed by atoms with van der Waals surface area (Å²) in [7, 11) is 2.95. The molecular weight excluding hydrogens is 222 g/mol. The monoisotopic (exact) mass is 235 g/mol. The summed E-state index contributed by atoms with van der Waals surface area (Å²) < 4.78 is 21.2. The molecule has 0 radical (unpaired) electrons. The zero-order chi connectivity index (χ0) is 11.8. The number of hydrogen-bond acceptors (Lipinski definition) is 7. The van der Waals surface area contributed by atoms with Gasteiger partial charge in [-0.3, -0.25) is 0 Å². The summed E-state index contributed by atoms with van der Waals surface area (Å²) in [4.78, 5) is 14.7. The van der Waals surface area contributed by atoms with E-state index in [0.717, 1.165) is 0 Å². The van der Waals surface area contributed by atoms with E-state index in [-0.39, 0.29) is 13.2 Å². The molecular formula is C8H13NO7. The van der Waals surface area contributed by atoms with E-state index in [1.165, 1.54) is 14.2 Å². The van der Waals surface area contributed by atoms with Gasteiger partial charge in [0.2, 0.25) is 5.79 Å². The van der Waals surface area contributed by atoms with E-state index in [2.05, 4.69) is 4.84 Å². The standard InChI is InChI=1S/C8H13NO7/c1-12-8(13-2)4-15-6-5(16-9(10)11)3-14-7(6)8/h5-7H,3-4H2,1-2H3. The molecule has 0 aromatic rings. The Kier molecular flexibility index (Phi) is 2.98. The molecule has 0 amide bonds. The van der Waals surface area contributed by atoms with Gasteiger partial charge in [0, 0.05) is 14.2 Å². The fraction of sp³-hybridized carbons (Fsp3) is 1.00. The molecule has 0 N–H and O–H groups in total. The largest absolute Gasteiger partial charge is 0.367 e. The Morgan fingerprint density at radius 1 is 1.38 bits per heavy atom. The molecule has 0 aromatic heterocycles. The number of fused-ring (bicyclic) bond motifs is 1. The summed E-state index contributed by atoms with van der Waals surface area (Å²) in [6, 6.07) is 0. The van der Waals surface area contributed by atoms with Gasteiger partial charge in [0.05, 0.1) is 6.61 Å². The summed E-state index contributed by atoms with van der Waals surface area (Å²) in [5, 5.41) is 9.41. The van der Waals surface area contributed by atoms with Gasteiger partial charge in [0.15, 0.2) is 6.10 Å². The van der Waals surface area contributed by atoms with Crippen molar-refractivity contribution in [3.63, 3.8) is 0 Å². The number of methoxy groups -OCH3 is 2. The van der Waals surface area contributed by atoms with Crippen molar-refractivity contribution in [2.24, 2.45) is 0 Å². The van der Waals surface area contributed by atoms with E-state index in [4.69, 9.17) is 18.9 Å². The van der Waals surface area contributed by atoms with Crippen LogP contribution in [0.2, 0.25) is 0 Å². The van der Waals surface area contributed by atoms with Crippen LogP contribution in [0.3, 0.4) is 0 Å². The second kappa shape index (κ2) is 4.13. The predicted octanol–water partition coefficient (Wildman–Crippen LogP) is -0.650. The maximum atomic E-state index is 10.3. The summed E-state index contributed by atoms with van der Waals surface area (Å²) in [5.74, 6) is -1.00. The summed E-state index contributed by atoms with van der Waals surface area (Å²) >= 11 is 0. The minimum absolute atomic E-state index is 0.0881. The molecule has 3 atom stereocenters. The third-order valence-electron chi connectivity index (χ3n) is 2.93. The lowest BCUT2D eigenvalue weighted by Crippen LogP contribution is -2.47. The van der Waals surface area contributed by atoms with Crippen molar-refractivity contribution in [3.05, 3.63) is 10.1 Å². The molecule has 0 bridgehead atoms. The van der Waals surface area contributed by atoms with E-state index in [9.17, 15) is 10.1 Å². The van der Waals surface area contributed by atoms with Crippen molar-refractivity contribution in [2.45, 2.75) is 24.1 Å². The van der Waals surface area contributed by atoms with Crippen molar-refractivity contribution in [3.8, 4) is 0 Å². The minimum atomic E-state index is -1.00. The van der Waals surface area contributed by atoms with Gasteiger partial charge in [-0.1, -0.05) is 0 Å². The summed E-state index contributed by atoms with van der Waals surface area (Å²) in [6.07, 6.45) is -1.77. The maximum absolute atomic E-state index is 10.3. The maximum Gasteiger partial charge on any atom is 0.294 e. The first kappa shape index (κ1) is 11.5. The second-order valence-corrected chi connectivity index (χ2v) is 3.62. The Labute approximate surface area is 91.5 Å². The quantitative estimate of drug-likeness (QED) is 0.363. The van der Waals surface area contributed by atoms with Crippen molar-refractivity contribution in [1.29, 1.82) is 0 Å². The molecule has 2 aliphatic rings. The predicted molar refractivity (Wildman–Crippen MR) is 48.1 cm³/mol. The molecule has 0 saturated carbocycles. The summed E-state index contributed by atoms with van der Waals surface area (Å²) in [6.45, 7) is 0.248. The van der Waals surface area contributed by atoms with E-state index >= 15 is 0 Å². The average molecular weight is 235 g/mol. The number of nitrogens with zero attached hydrogens (tertiary/aromatic N) is 1. The number of ether oxygens (including phenoxy) is 4. The smallest absolute Gasteiger partial charge is 0.294 e. The van der Waals surface area contributed by atoms with Crippen LogP contribution in [0.15, 0.2) is 0 Å². The van der Waals surface area contributed by atoms with Gasteiger partial charge in [0.1, 0.15) is 18.8 Å². The highest BCUT2D eigenvalue weighted by atomic mass is 17.0. The van der Waals surface area contributed by atoms with E-state index in [1.807, 2.05) is 0 Å². The molecule has 0 aromatic carbocycles. The highest BCUT2D eigenvalue weighted by Crippen LogP contribution is 2.37. The van der Waals surface area contributed by atoms with Crippen LogP contribution in [0.1, 0.15) is 0 Å². The van der Waals surface area contributed by atoms with Gasteiger partial charge < -0.3 is 23.8 Å². The molecule has 2 saturated heterocycles. The van der Waals surface area contributed by atoms with Crippen molar-refractivity contribution in [1.82, 2.24) is 0 Å². The number of hydrogen-bond donors (Lipinski definition) is 0. The van der Waals surface area contributed by atoms with E-state index in [0.29, 0.717) is 0 Å². The first-order valence-corrected chi connectivity index (χ1v) is 4.77. The molecule has 0 aliphatic carbocycles. The molecule has 0 spiro atoms. The molecule has 8 nitrogen and oxygen atoms in total. The third kappa shape index (κ3) is 1.63. The lowest BCUT2D eigenvalue weighted by molar-refractivity contribution is -0.769. The average Bonchev–Trinajstić information content (AvgIpc) is 2.79. The molecule has 2 heterocycles. The van der Waals surface area contributed by atoms with Crippen molar-refractivity contribution < 1.29 is 28.9 Å². The van der Waals surface area contributed by atoms with Crippen molar-refractivity contribution in [2.75, 3.05) is 27.4 Å². The van der Waals surface area contributed by atoms with Crippen LogP contribution < -0.4 is 0 Å². The van der Waals surface area contributed by atoms with Gasteiger partial charge in [-0.15, -0.1) is 10.1 Å². The van der Waals surface area contributed by atoms with Gasteiger partial charge in [-0.2, -0.15) is 0 Å². The second-order valence-electron chi connectivity index (χ2n) is 3.62. The van der Waals surface area contributed by atoms with Crippen LogP contribution in [0.25, 0.3) is 0 Å². The lowest BCUT2D eigenvalue weighted by atomic mass is 10.1. The van der Waals surface area contributed by atoms with Crippen LogP contribution in [-0.4, -0.2) is 56.6 Å². The Balaban J connectivity index is 2.08. The summed E-state index contributed by atoms with van der Waals surface area (Å²) in [5.41, 5.74) is 0. The molecule has 2 rings (SSSR count). The van der Waals surface area contributed by atoms with Crippen LogP contribution in [0.4, 0.5) is 0 Å². The Bertz CT molecular complexity index is 280. The van der Waals surface area contributed by atoms with Gasteiger partial charge in [0.25, 0.3) is 5.09 Å². The van der Waals surface area contributed by atoms with Crippen LogP contribution in [0.5, 0.6) is 0 Å². The molecule has 2 aliphatic heterocycles. The SMILES string of the molecule is COC1(OC)COC2C(O[N+](=O)[O-])COC21. The Morgan fingerprint density at radius 2 is 2.06 bits per heavy atom. The molecule has 16 heavy (non-hydrogen) atoms. The fourth-order valence-electron chi connectivity index (χ4n) is 2.08. The Hall–Kier alpha value is -0.960. The van der Waals surface area contributed by atoms with Gasteiger partial charge >= 0.3 is 0 Å². The lowest BCUT2D eigenvalue weighted by Gasteiger charge is -2.28. The highest BCUT2D eigenvalue weighted by Gasteiger charge is 2.59. The zero-order valence-electron chi connectivity index (χ0n) is 8.95. The van der Waals surface area contributed by atoms with E-state index < -0.39 is 29.2 Å². The van der Waals surface area contributed by atoms with Gasteiger partial charge in [-0.05, 0) is 0 Å². The highest BCUT2D eigenvalue weighted by molar-refractivity contribution is 5.00. The van der Waals surface area contributed by atoms with Crippen LogP contribution in [-0.2, 0) is 23.8 Å². The normalized spacial score (nSPS) is 36.0. The Morgan fingerprint density at radius 3 is 2.62 bits per heavy atom. The van der Waals surface area contributed by atoms with E-state index in [1.54, 1.807) is 0 Å².